The van der Waals surface area contributed by atoms with E-state index in [1.807, 2.05) is 19.1 Å². The number of aryl methyl sites for hydroxylation is 1. The normalized spacial score (nSPS) is 10.6. The highest BCUT2D eigenvalue weighted by atomic mass is 127. The Morgan fingerprint density at radius 1 is 1.32 bits per heavy atom. The highest BCUT2D eigenvalue weighted by molar-refractivity contribution is 5.71. The lowest BCUT2D eigenvalue weighted by Gasteiger charge is -2.31. The summed E-state index contributed by atoms with van der Waals surface area (Å²) in [6, 6.07) is 6.05. The van der Waals surface area contributed by atoms with Crippen LogP contribution < -0.4 is 38.5 Å². The van der Waals surface area contributed by atoms with Crippen molar-refractivity contribution in [2.45, 2.75) is 20.8 Å². The minimum absolute atomic E-state index is 0. The van der Waals surface area contributed by atoms with Crippen molar-refractivity contribution >= 4 is 11.8 Å². The molecule has 0 unspecified atom stereocenters. The Bertz CT molecular complexity index is 431. The second-order valence-electron chi connectivity index (χ2n) is 4.62. The van der Waals surface area contributed by atoms with Crippen molar-refractivity contribution in [3.05, 3.63) is 23.8 Å². The zero-order valence-electron chi connectivity index (χ0n) is 12.3. The molecule has 0 spiro atoms. The van der Waals surface area contributed by atoms with Gasteiger partial charge in [-0.2, -0.15) is 0 Å². The van der Waals surface area contributed by atoms with E-state index in [0.29, 0.717) is 5.75 Å². The summed E-state index contributed by atoms with van der Waals surface area (Å²) in [6.07, 6.45) is -0.433. The molecule has 1 aromatic carbocycles. The Balaban J connectivity index is 0.00000324. The minimum Gasteiger partial charge on any atom is -1.00 e. The molecule has 0 heterocycles. The van der Waals surface area contributed by atoms with Crippen molar-refractivity contribution < 1.29 is 33.5 Å². The molecule has 5 heteroatoms. The Hall–Kier alpha value is -0.820. The summed E-state index contributed by atoms with van der Waals surface area (Å²) in [5, 5.41) is 2.46. The third kappa shape index (κ3) is 4.35. The van der Waals surface area contributed by atoms with Gasteiger partial charge in [0, 0.05) is 13.1 Å². The highest BCUT2D eigenvalue weighted by Gasteiger charge is 2.21. The molecule has 0 saturated heterocycles. The fourth-order valence-electron chi connectivity index (χ4n) is 1.77. The summed E-state index contributed by atoms with van der Waals surface area (Å²) >= 11 is 0. The number of nitrogens with zero attached hydrogens (tertiary/aromatic N) is 1. The van der Waals surface area contributed by atoms with E-state index in [1.165, 1.54) is 0 Å². The summed E-state index contributed by atoms with van der Waals surface area (Å²) < 4.78 is 6.08. The predicted octanol–water partition coefficient (Wildman–Crippen LogP) is -0.306. The number of benzene rings is 1. The van der Waals surface area contributed by atoms with Crippen molar-refractivity contribution in [1.82, 2.24) is 9.80 Å². The molecule has 0 aliphatic rings. The van der Waals surface area contributed by atoms with Crippen LogP contribution in [-0.4, -0.2) is 33.3 Å². The monoisotopic (exact) mass is 378 g/mol. The first kappa shape index (κ1) is 18.2. The van der Waals surface area contributed by atoms with Crippen LogP contribution in [0.15, 0.2) is 18.2 Å². The maximum atomic E-state index is 11.3. The van der Waals surface area contributed by atoms with Gasteiger partial charge in [-0.25, -0.2) is 4.79 Å². The molecule has 0 saturated carbocycles. The zero-order chi connectivity index (χ0) is 13.8. The lowest BCUT2D eigenvalue weighted by molar-refractivity contribution is -0.00000884. The van der Waals surface area contributed by atoms with Gasteiger partial charge >= 0.3 is 6.09 Å². The largest absolute Gasteiger partial charge is 1.00 e. The van der Waals surface area contributed by atoms with Gasteiger partial charge in [0.1, 0.15) is 11.4 Å². The van der Waals surface area contributed by atoms with Crippen LogP contribution in [0.3, 0.4) is 0 Å². The molecule has 0 radical (unpaired) electrons. The molecule has 4 nitrogen and oxygen atoms in total. The fourth-order valence-corrected chi connectivity index (χ4v) is 1.77. The lowest BCUT2D eigenvalue weighted by Crippen LogP contribution is -3.00. The van der Waals surface area contributed by atoms with Gasteiger partial charge < -0.3 is 34.0 Å². The third-order valence-corrected chi connectivity index (χ3v) is 3.60. The van der Waals surface area contributed by atoms with Crippen LogP contribution in [0.4, 0.5) is 10.5 Å². The average molecular weight is 378 g/mol. The molecule has 0 atom stereocenters. The smallest absolute Gasteiger partial charge is 0.412 e. The quantitative estimate of drug-likeness (QED) is 0.577. The fraction of sp³-hybridized carbons (Fsp3) is 0.500. The summed E-state index contributed by atoms with van der Waals surface area (Å²) in [7, 11) is 3.73. The van der Waals surface area contributed by atoms with Gasteiger partial charge in [-0.1, -0.05) is 0 Å². The Morgan fingerprint density at radius 3 is 2.37 bits per heavy atom. The molecule has 19 heavy (non-hydrogen) atoms. The van der Waals surface area contributed by atoms with Crippen molar-refractivity contribution in [3.63, 3.8) is 0 Å². The Labute approximate surface area is 132 Å². The molecule has 0 aromatic heterocycles. The number of quaternary nitrogens is 1. The van der Waals surface area contributed by atoms with E-state index in [0.717, 1.165) is 28.8 Å². The summed E-state index contributed by atoms with van der Waals surface area (Å²) in [6.45, 7) is 8.24. The molecule has 0 aliphatic heterocycles. The zero-order valence-corrected chi connectivity index (χ0v) is 14.4. The van der Waals surface area contributed by atoms with Crippen LogP contribution >= 0.6 is 0 Å². The summed E-state index contributed by atoms with van der Waals surface area (Å²) in [5.41, 5.74) is 2.12. The highest BCUT2D eigenvalue weighted by Crippen LogP contribution is 2.28. The number of nitrogens with one attached hydrogen (secondary N) is 1. The standard InChI is InChI=1S/C14H22N2O2.HI/c1-6-16(5,7-2)12-9-8-11(3)13(10-12)18-14(17)15-4;/h8-10H,6-7H2,1-5H3;1H. The van der Waals surface area contributed by atoms with Crippen LogP contribution in [0.25, 0.3) is 0 Å². The molecule has 1 amide bonds. The van der Waals surface area contributed by atoms with Gasteiger partial charge in [0.15, 0.2) is 0 Å². The van der Waals surface area contributed by atoms with Crippen molar-refractivity contribution in [2.75, 3.05) is 27.2 Å². The number of halogens is 1. The van der Waals surface area contributed by atoms with Crippen molar-refractivity contribution in [1.29, 1.82) is 0 Å². The molecular weight excluding hydrogens is 355 g/mol. The average Bonchev–Trinajstić information content (AvgIpc) is 2.40. The van der Waals surface area contributed by atoms with Crippen molar-refractivity contribution in [2.24, 2.45) is 0 Å². The Kier molecular flexibility index (Phi) is 7.36. The molecule has 0 fully saturated rings. The number of carbonyl (C=O) groups excluding carboxylic acids is 1. The van der Waals surface area contributed by atoms with Gasteiger partial charge in [0.2, 0.25) is 0 Å². The van der Waals surface area contributed by atoms with E-state index in [2.05, 4.69) is 32.3 Å². The molecule has 1 rings (SSSR count). The van der Waals surface area contributed by atoms with Crippen LogP contribution in [0.2, 0.25) is 0 Å². The van der Waals surface area contributed by atoms with Gasteiger partial charge in [0.05, 0.1) is 20.1 Å². The number of hydrogen-bond donors (Lipinski definition) is 1. The van der Waals surface area contributed by atoms with Gasteiger partial charge in [0.25, 0.3) is 0 Å². The first-order chi connectivity index (χ1) is 8.46. The first-order valence-electron chi connectivity index (χ1n) is 6.32. The van der Waals surface area contributed by atoms with E-state index in [1.54, 1.807) is 7.05 Å². The topological polar surface area (TPSA) is 38.3 Å². The van der Waals surface area contributed by atoms with Crippen LogP contribution in [0, 0.1) is 6.92 Å². The van der Waals surface area contributed by atoms with Gasteiger partial charge in [-0.05, 0) is 38.5 Å². The van der Waals surface area contributed by atoms with Crippen LogP contribution in [-0.2, 0) is 0 Å². The first-order valence-corrected chi connectivity index (χ1v) is 6.32. The van der Waals surface area contributed by atoms with E-state index < -0.39 is 6.09 Å². The molecule has 1 aromatic rings. The molecule has 108 valence electrons. The van der Waals surface area contributed by atoms with E-state index in [4.69, 9.17) is 4.74 Å². The number of amides is 1. The van der Waals surface area contributed by atoms with E-state index in [-0.39, 0.29) is 24.0 Å². The molecular formula is C14H23IN2O2. The Morgan fingerprint density at radius 2 is 1.89 bits per heavy atom. The van der Waals surface area contributed by atoms with Crippen LogP contribution in [0.1, 0.15) is 19.4 Å². The van der Waals surface area contributed by atoms with Crippen molar-refractivity contribution in [3.8, 4) is 5.75 Å². The number of hydrogen-bond acceptors (Lipinski definition) is 2. The number of rotatable bonds is 4. The SMILES string of the molecule is CC[N+](C)(CC)c1ccc(C)c(OC(=O)NC)c1.[I-]. The number of carbonyl (C=O) groups is 1. The lowest BCUT2D eigenvalue weighted by atomic mass is 10.1. The van der Waals surface area contributed by atoms with E-state index >= 15 is 0 Å². The second kappa shape index (κ2) is 7.69. The predicted molar refractivity (Wildman–Crippen MR) is 75.1 cm³/mol. The van der Waals surface area contributed by atoms with E-state index in [9.17, 15) is 4.79 Å². The third-order valence-electron chi connectivity index (χ3n) is 3.60. The molecule has 0 aliphatic carbocycles. The number of ether oxygens (including phenoxy) is 1. The van der Waals surface area contributed by atoms with Gasteiger partial charge in [-0.3, -0.25) is 4.48 Å². The maximum absolute atomic E-state index is 11.3. The minimum atomic E-state index is -0.433. The summed E-state index contributed by atoms with van der Waals surface area (Å²) in [4.78, 5) is 11.3. The second-order valence-corrected chi connectivity index (χ2v) is 4.62. The van der Waals surface area contributed by atoms with Crippen LogP contribution in [0.5, 0.6) is 5.75 Å². The molecule has 0 bridgehead atoms. The molecule has 1 N–H and O–H groups in total. The summed E-state index contributed by atoms with van der Waals surface area (Å²) in [5.74, 6) is 0.623. The van der Waals surface area contributed by atoms with Gasteiger partial charge in [-0.15, -0.1) is 0 Å². The maximum Gasteiger partial charge on any atom is 0.412 e.